The van der Waals surface area contributed by atoms with Gasteiger partial charge < -0.3 is 9.80 Å². The standard InChI is InChI=1S/C21H23N5O3S/c22-14-18-4-2-8-23-20(18)25-9-11-26(12-10-25)21(27)17-3-1-5-19(13-17)30(28,29)24-15-16-6-7-16/h1-5,8,13,16,24H,6-7,9-12,15H2. The predicted molar refractivity (Wildman–Crippen MR) is 111 cm³/mol. The first-order valence-electron chi connectivity index (χ1n) is 9.97. The van der Waals surface area contributed by atoms with E-state index in [-0.39, 0.29) is 10.8 Å². The van der Waals surface area contributed by atoms with Crippen LogP contribution in [0, 0.1) is 17.2 Å². The number of hydrogen-bond acceptors (Lipinski definition) is 6. The molecule has 8 nitrogen and oxygen atoms in total. The lowest BCUT2D eigenvalue weighted by Gasteiger charge is -2.35. The number of piperazine rings is 1. The summed E-state index contributed by atoms with van der Waals surface area (Å²) in [5.41, 5.74) is 0.863. The second-order valence-electron chi connectivity index (χ2n) is 7.59. The molecule has 1 aromatic heterocycles. The van der Waals surface area contributed by atoms with E-state index in [2.05, 4.69) is 15.8 Å². The van der Waals surface area contributed by atoms with Crippen LogP contribution in [0.25, 0.3) is 0 Å². The van der Waals surface area contributed by atoms with Crippen LogP contribution in [0.4, 0.5) is 5.82 Å². The molecule has 9 heteroatoms. The van der Waals surface area contributed by atoms with Crippen molar-refractivity contribution in [3.05, 3.63) is 53.7 Å². The van der Waals surface area contributed by atoms with Crippen LogP contribution < -0.4 is 9.62 Å². The van der Waals surface area contributed by atoms with Gasteiger partial charge in [-0.2, -0.15) is 5.26 Å². The minimum Gasteiger partial charge on any atom is -0.352 e. The van der Waals surface area contributed by atoms with E-state index in [1.165, 1.54) is 12.1 Å². The second kappa shape index (κ2) is 8.42. The van der Waals surface area contributed by atoms with Crippen molar-refractivity contribution in [3.8, 4) is 6.07 Å². The lowest BCUT2D eigenvalue weighted by atomic mass is 10.1. The molecule has 0 radical (unpaired) electrons. The van der Waals surface area contributed by atoms with E-state index in [9.17, 15) is 18.5 Å². The molecular formula is C21H23N5O3S. The third-order valence-corrected chi connectivity index (χ3v) is 6.85. The van der Waals surface area contributed by atoms with Gasteiger partial charge in [-0.05, 0) is 49.1 Å². The summed E-state index contributed by atoms with van der Waals surface area (Å²) in [5.74, 6) is 0.860. The first-order chi connectivity index (χ1) is 14.5. The van der Waals surface area contributed by atoms with Crippen LogP contribution in [-0.2, 0) is 10.0 Å². The molecule has 30 heavy (non-hydrogen) atoms. The fraction of sp³-hybridized carbons (Fsp3) is 0.381. The van der Waals surface area contributed by atoms with Crippen molar-refractivity contribution in [1.29, 1.82) is 5.26 Å². The molecule has 2 fully saturated rings. The van der Waals surface area contributed by atoms with Gasteiger partial charge in [0, 0.05) is 44.5 Å². The number of carbonyl (C=O) groups excluding carboxylic acids is 1. The van der Waals surface area contributed by atoms with Crippen molar-refractivity contribution in [1.82, 2.24) is 14.6 Å². The number of pyridine rings is 1. The Morgan fingerprint density at radius 1 is 1.17 bits per heavy atom. The molecule has 1 saturated heterocycles. The molecule has 2 heterocycles. The lowest BCUT2D eigenvalue weighted by molar-refractivity contribution is 0.0746. The Labute approximate surface area is 176 Å². The van der Waals surface area contributed by atoms with Crippen LogP contribution >= 0.6 is 0 Å². The molecule has 4 rings (SSSR count). The normalized spacial score (nSPS) is 16.9. The van der Waals surface area contributed by atoms with E-state index < -0.39 is 10.0 Å². The summed E-state index contributed by atoms with van der Waals surface area (Å²) >= 11 is 0. The highest BCUT2D eigenvalue weighted by Crippen LogP contribution is 2.28. The Morgan fingerprint density at radius 2 is 1.93 bits per heavy atom. The smallest absolute Gasteiger partial charge is 0.254 e. The van der Waals surface area contributed by atoms with Gasteiger partial charge in [-0.1, -0.05) is 6.07 Å². The molecule has 0 atom stereocenters. The fourth-order valence-corrected chi connectivity index (χ4v) is 4.63. The monoisotopic (exact) mass is 425 g/mol. The number of nitrogens with zero attached hydrogens (tertiary/aromatic N) is 4. The van der Waals surface area contributed by atoms with Gasteiger partial charge in [0.25, 0.3) is 5.91 Å². The van der Waals surface area contributed by atoms with Gasteiger partial charge in [0.15, 0.2) is 0 Å². The van der Waals surface area contributed by atoms with Crippen LogP contribution in [0.1, 0.15) is 28.8 Å². The average Bonchev–Trinajstić information content (AvgIpc) is 3.62. The molecule has 2 aromatic rings. The van der Waals surface area contributed by atoms with Crippen LogP contribution in [0.5, 0.6) is 0 Å². The number of carbonyl (C=O) groups is 1. The highest BCUT2D eigenvalue weighted by molar-refractivity contribution is 7.89. The summed E-state index contributed by atoms with van der Waals surface area (Å²) in [6, 6.07) is 11.8. The maximum absolute atomic E-state index is 12.9. The molecule has 1 aliphatic heterocycles. The molecule has 1 aliphatic carbocycles. The number of benzene rings is 1. The van der Waals surface area contributed by atoms with Crippen molar-refractivity contribution in [2.24, 2.45) is 5.92 Å². The lowest BCUT2D eigenvalue weighted by Crippen LogP contribution is -2.49. The Bertz CT molecular complexity index is 1080. The Kier molecular flexibility index (Phi) is 5.70. The van der Waals surface area contributed by atoms with Gasteiger partial charge in [0.05, 0.1) is 10.5 Å². The summed E-state index contributed by atoms with van der Waals surface area (Å²) in [7, 11) is -3.62. The number of anilines is 1. The number of nitriles is 1. The minimum absolute atomic E-state index is 0.111. The number of sulfonamides is 1. The van der Waals surface area contributed by atoms with Gasteiger partial charge in [-0.15, -0.1) is 0 Å². The molecule has 1 N–H and O–H groups in total. The maximum Gasteiger partial charge on any atom is 0.254 e. The molecule has 0 spiro atoms. The summed E-state index contributed by atoms with van der Waals surface area (Å²) in [6.45, 7) is 2.49. The van der Waals surface area contributed by atoms with Crippen molar-refractivity contribution in [2.45, 2.75) is 17.7 Å². The van der Waals surface area contributed by atoms with E-state index in [4.69, 9.17) is 0 Å². The highest BCUT2D eigenvalue weighted by Gasteiger charge is 2.27. The van der Waals surface area contributed by atoms with Gasteiger partial charge in [-0.3, -0.25) is 4.79 Å². The van der Waals surface area contributed by atoms with E-state index in [0.717, 1.165) is 12.8 Å². The SMILES string of the molecule is N#Cc1cccnc1N1CCN(C(=O)c2cccc(S(=O)(=O)NCC3CC3)c2)CC1. The first kappa shape index (κ1) is 20.3. The fourth-order valence-electron chi connectivity index (χ4n) is 3.47. The van der Waals surface area contributed by atoms with Crippen LogP contribution in [0.15, 0.2) is 47.5 Å². The Balaban J connectivity index is 1.42. The zero-order valence-electron chi connectivity index (χ0n) is 16.5. The number of hydrogen-bond donors (Lipinski definition) is 1. The Hall–Kier alpha value is -2.96. The van der Waals surface area contributed by atoms with Crippen molar-refractivity contribution >= 4 is 21.7 Å². The molecule has 0 unspecified atom stereocenters. The van der Waals surface area contributed by atoms with E-state index in [1.54, 1.807) is 35.4 Å². The molecular weight excluding hydrogens is 402 g/mol. The second-order valence-corrected chi connectivity index (χ2v) is 9.36. The number of rotatable bonds is 6. The quantitative estimate of drug-likeness (QED) is 0.754. The molecule has 2 aliphatic rings. The van der Waals surface area contributed by atoms with Gasteiger partial charge in [-0.25, -0.2) is 18.1 Å². The zero-order valence-corrected chi connectivity index (χ0v) is 17.3. The van der Waals surface area contributed by atoms with Crippen LogP contribution in [0.3, 0.4) is 0 Å². The largest absolute Gasteiger partial charge is 0.352 e. The third-order valence-electron chi connectivity index (χ3n) is 5.42. The summed E-state index contributed by atoms with van der Waals surface area (Å²) < 4.78 is 27.6. The van der Waals surface area contributed by atoms with E-state index >= 15 is 0 Å². The topological polar surface area (TPSA) is 106 Å². The van der Waals surface area contributed by atoms with E-state index in [0.29, 0.717) is 55.6 Å². The van der Waals surface area contributed by atoms with Crippen LogP contribution in [0.2, 0.25) is 0 Å². The first-order valence-corrected chi connectivity index (χ1v) is 11.5. The van der Waals surface area contributed by atoms with Gasteiger partial charge >= 0.3 is 0 Å². The van der Waals surface area contributed by atoms with E-state index in [1.807, 2.05) is 4.90 Å². The Morgan fingerprint density at radius 3 is 2.63 bits per heavy atom. The van der Waals surface area contributed by atoms with Gasteiger partial charge in [0.1, 0.15) is 11.9 Å². The summed E-state index contributed by atoms with van der Waals surface area (Å²) in [5, 5.41) is 9.27. The number of nitrogens with one attached hydrogen (secondary N) is 1. The molecule has 1 saturated carbocycles. The average molecular weight is 426 g/mol. The maximum atomic E-state index is 12.9. The van der Waals surface area contributed by atoms with Gasteiger partial charge in [0.2, 0.25) is 10.0 Å². The summed E-state index contributed by atoms with van der Waals surface area (Å²) in [6.07, 6.45) is 3.76. The molecule has 156 valence electrons. The summed E-state index contributed by atoms with van der Waals surface area (Å²) in [4.78, 5) is 21.1. The minimum atomic E-state index is -3.62. The highest BCUT2D eigenvalue weighted by atomic mass is 32.2. The van der Waals surface area contributed by atoms with Crippen molar-refractivity contribution in [3.63, 3.8) is 0 Å². The number of aromatic nitrogens is 1. The van der Waals surface area contributed by atoms with Crippen molar-refractivity contribution in [2.75, 3.05) is 37.6 Å². The molecule has 1 aromatic carbocycles. The third kappa shape index (κ3) is 4.45. The molecule has 0 bridgehead atoms. The zero-order chi connectivity index (χ0) is 21.1. The van der Waals surface area contributed by atoms with Crippen LogP contribution in [-0.4, -0.2) is 56.9 Å². The van der Waals surface area contributed by atoms with Crippen molar-refractivity contribution < 1.29 is 13.2 Å². The number of amides is 1. The predicted octanol–water partition coefficient (Wildman–Crippen LogP) is 1.60. The molecule has 1 amide bonds.